The highest BCUT2D eigenvalue weighted by Gasteiger charge is 2.05. The molecule has 5 nitrogen and oxygen atoms in total. The molecule has 0 aliphatic carbocycles. The monoisotopic (exact) mass is 275 g/mol. The predicted molar refractivity (Wildman–Crippen MR) is 79.5 cm³/mol. The van der Waals surface area contributed by atoms with Crippen LogP contribution in [-0.4, -0.2) is 24.0 Å². The highest BCUT2D eigenvalue weighted by atomic mass is 16.5. The fourth-order valence-corrected chi connectivity index (χ4v) is 2.12. The zero-order chi connectivity index (χ0) is 14.5. The van der Waals surface area contributed by atoms with Gasteiger partial charge in [0, 0.05) is 30.4 Å². The Kier molecular flexibility index (Phi) is 4.50. The fraction of sp³-hybridized carbons (Fsp3) is 0.400. The molecule has 2 rings (SSSR count). The molecule has 20 heavy (non-hydrogen) atoms. The van der Waals surface area contributed by atoms with Gasteiger partial charge in [-0.1, -0.05) is 0 Å². The minimum absolute atomic E-state index is 0.713. The summed E-state index contributed by atoms with van der Waals surface area (Å²) in [6.45, 7) is 5.67. The lowest BCUT2D eigenvalue weighted by Gasteiger charge is -2.11. The standard InChI is InChI=1S/C15H21N3O2/c1-5-18-13(6-11(2)17-18)10-16-12-7-14(19-3)9-15(8-12)20-4/h6-9,16H,5,10H2,1-4H3. The molecule has 108 valence electrons. The summed E-state index contributed by atoms with van der Waals surface area (Å²) in [4.78, 5) is 0. The van der Waals surface area contributed by atoms with Crippen molar-refractivity contribution in [1.82, 2.24) is 9.78 Å². The van der Waals surface area contributed by atoms with Gasteiger partial charge in [-0.05, 0) is 19.9 Å². The number of hydrogen-bond acceptors (Lipinski definition) is 4. The van der Waals surface area contributed by atoms with Crippen molar-refractivity contribution in [2.75, 3.05) is 19.5 Å². The summed E-state index contributed by atoms with van der Waals surface area (Å²) >= 11 is 0. The van der Waals surface area contributed by atoms with Crippen molar-refractivity contribution in [3.8, 4) is 11.5 Å². The van der Waals surface area contributed by atoms with Crippen molar-refractivity contribution in [3.63, 3.8) is 0 Å². The summed E-state index contributed by atoms with van der Waals surface area (Å²) in [7, 11) is 3.29. The van der Waals surface area contributed by atoms with Crippen LogP contribution in [0.15, 0.2) is 24.3 Å². The minimum Gasteiger partial charge on any atom is -0.497 e. The van der Waals surface area contributed by atoms with Crippen LogP contribution in [0.2, 0.25) is 0 Å². The molecule has 5 heteroatoms. The van der Waals surface area contributed by atoms with Gasteiger partial charge in [0.1, 0.15) is 11.5 Å². The topological polar surface area (TPSA) is 48.3 Å². The Labute approximate surface area is 119 Å². The average Bonchev–Trinajstić information content (AvgIpc) is 2.84. The number of nitrogens with one attached hydrogen (secondary N) is 1. The first kappa shape index (κ1) is 14.2. The average molecular weight is 275 g/mol. The molecule has 2 aromatic rings. The Morgan fingerprint density at radius 1 is 1.10 bits per heavy atom. The third-order valence-electron chi connectivity index (χ3n) is 3.11. The highest BCUT2D eigenvalue weighted by Crippen LogP contribution is 2.26. The minimum atomic E-state index is 0.713. The Bertz CT molecular complexity index is 556. The maximum atomic E-state index is 5.26. The number of anilines is 1. The van der Waals surface area contributed by atoms with E-state index in [0.717, 1.165) is 35.1 Å². The molecule has 0 saturated heterocycles. The molecule has 0 saturated carbocycles. The zero-order valence-corrected chi connectivity index (χ0v) is 12.4. The van der Waals surface area contributed by atoms with E-state index in [2.05, 4.69) is 23.4 Å². The zero-order valence-electron chi connectivity index (χ0n) is 12.4. The van der Waals surface area contributed by atoms with Gasteiger partial charge in [0.25, 0.3) is 0 Å². The Morgan fingerprint density at radius 2 is 1.75 bits per heavy atom. The van der Waals surface area contributed by atoms with Crippen molar-refractivity contribution in [2.45, 2.75) is 26.9 Å². The van der Waals surface area contributed by atoms with E-state index < -0.39 is 0 Å². The van der Waals surface area contributed by atoms with E-state index in [-0.39, 0.29) is 0 Å². The lowest BCUT2D eigenvalue weighted by atomic mass is 10.2. The SMILES string of the molecule is CCn1nc(C)cc1CNc1cc(OC)cc(OC)c1. The second-order valence-corrected chi connectivity index (χ2v) is 4.55. The molecule has 0 spiro atoms. The van der Waals surface area contributed by atoms with E-state index >= 15 is 0 Å². The van der Waals surface area contributed by atoms with Crippen LogP contribution in [0.4, 0.5) is 5.69 Å². The third-order valence-corrected chi connectivity index (χ3v) is 3.11. The summed E-state index contributed by atoms with van der Waals surface area (Å²) in [5.74, 6) is 1.54. The second kappa shape index (κ2) is 6.32. The summed E-state index contributed by atoms with van der Waals surface area (Å²) in [5.41, 5.74) is 3.15. The first-order valence-corrected chi connectivity index (χ1v) is 6.66. The Balaban J connectivity index is 2.13. The molecule has 1 heterocycles. The molecule has 0 aliphatic heterocycles. The largest absolute Gasteiger partial charge is 0.497 e. The predicted octanol–water partition coefficient (Wildman–Crippen LogP) is 2.84. The van der Waals surface area contributed by atoms with Crippen molar-refractivity contribution < 1.29 is 9.47 Å². The van der Waals surface area contributed by atoms with Crippen LogP contribution >= 0.6 is 0 Å². The maximum absolute atomic E-state index is 5.26. The van der Waals surface area contributed by atoms with Crippen LogP contribution < -0.4 is 14.8 Å². The fourth-order valence-electron chi connectivity index (χ4n) is 2.12. The van der Waals surface area contributed by atoms with Gasteiger partial charge in [0.15, 0.2) is 0 Å². The lowest BCUT2D eigenvalue weighted by Crippen LogP contribution is -2.08. The molecule has 1 N–H and O–H groups in total. The van der Waals surface area contributed by atoms with Crippen LogP contribution in [-0.2, 0) is 13.1 Å². The lowest BCUT2D eigenvalue weighted by molar-refractivity contribution is 0.394. The van der Waals surface area contributed by atoms with Crippen molar-refractivity contribution in [2.24, 2.45) is 0 Å². The van der Waals surface area contributed by atoms with Gasteiger partial charge < -0.3 is 14.8 Å². The van der Waals surface area contributed by atoms with E-state index in [9.17, 15) is 0 Å². The van der Waals surface area contributed by atoms with Gasteiger partial charge in [-0.25, -0.2) is 0 Å². The van der Waals surface area contributed by atoms with E-state index in [4.69, 9.17) is 9.47 Å². The molecule has 0 aliphatic rings. The summed E-state index contributed by atoms with van der Waals surface area (Å²) in [6, 6.07) is 7.84. The van der Waals surface area contributed by atoms with Crippen LogP contribution in [0, 0.1) is 6.92 Å². The number of nitrogens with zero attached hydrogens (tertiary/aromatic N) is 2. The summed E-state index contributed by atoms with van der Waals surface area (Å²) in [6.07, 6.45) is 0. The Morgan fingerprint density at radius 3 is 2.30 bits per heavy atom. The molecule has 0 radical (unpaired) electrons. The summed E-state index contributed by atoms with van der Waals surface area (Å²) < 4.78 is 12.5. The number of rotatable bonds is 6. The molecule has 1 aromatic carbocycles. The van der Waals surface area contributed by atoms with Crippen LogP contribution in [0.3, 0.4) is 0 Å². The van der Waals surface area contributed by atoms with Gasteiger partial charge in [0.05, 0.1) is 32.2 Å². The molecule has 0 unspecified atom stereocenters. The first-order valence-electron chi connectivity index (χ1n) is 6.66. The number of aromatic nitrogens is 2. The van der Waals surface area contributed by atoms with Crippen molar-refractivity contribution >= 4 is 5.69 Å². The maximum Gasteiger partial charge on any atom is 0.124 e. The molecular formula is C15H21N3O2. The van der Waals surface area contributed by atoms with Gasteiger partial charge >= 0.3 is 0 Å². The van der Waals surface area contributed by atoms with Gasteiger partial charge in [-0.15, -0.1) is 0 Å². The molecular weight excluding hydrogens is 254 g/mol. The molecule has 0 atom stereocenters. The van der Waals surface area contributed by atoms with Crippen molar-refractivity contribution in [3.05, 3.63) is 35.7 Å². The number of methoxy groups -OCH3 is 2. The quantitative estimate of drug-likeness (QED) is 0.880. The van der Waals surface area contributed by atoms with E-state index in [0.29, 0.717) is 6.54 Å². The second-order valence-electron chi connectivity index (χ2n) is 4.55. The van der Waals surface area contributed by atoms with Gasteiger partial charge in [0.2, 0.25) is 0 Å². The van der Waals surface area contributed by atoms with Gasteiger partial charge in [-0.2, -0.15) is 5.10 Å². The molecule has 0 amide bonds. The van der Waals surface area contributed by atoms with Crippen LogP contribution in [0.5, 0.6) is 11.5 Å². The summed E-state index contributed by atoms with van der Waals surface area (Å²) in [5, 5.41) is 7.81. The van der Waals surface area contributed by atoms with E-state index in [1.54, 1.807) is 14.2 Å². The highest BCUT2D eigenvalue weighted by molar-refractivity contribution is 5.53. The number of hydrogen-bond donors (Lipinski definition) is 1. The molecule has 0 fully saturated rings. The number of aryl methyl sites for hydroxylation is 2. The van der Waals surface area contributed by atoms with E-state index in [1.807, 2.05) is 29.8 Å². The number of ether oxygens (including phenoxy) is 2. The molecule has 1 aromatic heterocycles. The van der Waals surface area contributed by atoms with Crippen molar-refractivity contribution in [1.29, 1.82) is 0 Å². The first-order chi connectivity index (χ1) is 9.66. The van der Waals surface area contributed by atoms with Gasteiger partial charge in [-0.3, -0.25) is 4.68 Å². The van der Waals surface area contributed by atoms with Crippen LogP contribution in [0.1, 0.15) is 18.3 Å². The molecule has 0 bridgehead atoms. The van der Waals surface area contributed by atoms with E-state index in [1.165, 1.54) is 0 Å². The number of benzene rings is 1. The normalized spacial score (nSPS) is 10.4. The van der Waals surface area contributed by atoms with Crippen LogP contribution in [0.25, 0.3) is 0 Å². The smallest absolute Gasteiger partial charge is 0.124 e. The third kappa shape index (κ3) is 3.23. The Hall–Kier alpha value is -2.17.